The molecule has 0 spiro atoms. The molecule has 1 saturated heterocycles. The maximum absolute atomic E-state index is 5.75. The lowest BCUT2D eigenvalue weighted by atomic mass is 10.2. The second-order valence-corrected chi connectivity index (χ2v) is 5.75. The summed E-state index contributed by atoms with van der Waals surface area (Å²) in [6.07, 6.45) is 0.428. The van der Waals surface area contributed by atoms with Crippen molar-refractivity contribution < 1.29 is 4.74 Å². The summed E-state index contributed by atoms with van der Waals surface area (Å²) >= 11 is 0. The van der Waals surface area contributed by atoms with E-state index in [1.54, 1.807) is 0 Å². The number of anilines is 1. The van der Waals surface area contributed by atoms with Crippen LogP contribution in [0.25, 0.3) is 5.82 Å². The highest BCUT2D eigenvalue weighted by Crippen LogP contribution is 2.18. The van der Waals surface area contributed by atoms with Crippen LogP contribution in [0.5, 0.6) is 0 Å². The van der Waals surface area contributed by atoms with Crippen molar-refractivity contribution in [3.8, 4) is 5.82 Å². The number of ether oxygens (including phenoxy) is 1. The summed E-state index contributed by atoms with van der Waals surface area (Å²) in [5.74, 6) is 1.64. The second-order valence-electron chi connectivity index (χ2n) is 5.75. The number of nitrogens with zero attached hydrogens (tertiary/aromatic N) is 5. The highest BCUT2D eigenvalue weighted by molar-refractivity contribution is 5.40. The van der Waals surface area contributed by atoms with Crippen LogP contribution in [0, 0.1) is 13.8 Å². The third-order valence-corrected chi connectivity index (χ3v) is 3.61. The first kappa shape index (κ1) is 14.0. The molecule has 1 aliphatic rings. The number of rotatable bonds is 2. The van der Waals surface area contributed by atoms with Crippen molar-refractivity contribution in [2.75, 3.05) is 18.0 Å². The first-order valence-electron chi connectivity index (χ1n) is 7.30. The zero-order valence-corrected chi connectivity index (χ0v) is 12.9. The first-order valence-corrected chi connectivity index (χ1v) is 7.30. The van der Waals surface area contributed by atoms with Gasteiger partial charge in [0.2, 0.25) is 0 Å². The maximum Gasteiger partial charge on any atom is 0.176 e. The van der Waals surface area contributed by atoms with E-state index < -0.39 is 0 Å². The number of aromatic nitrogens is 4. The molecular weight excluding hydrogens is 266 g/mol. The van der Waals surface area contributed by atoms with Gasteiger partial charge < -0.3 is 9.64 Å². The Morgan fingerprint density at radius 1 is 1.05 bits per heavy atom. The lowest BCUT2D eigenvalue weighted by Gasteiger charge is -2.35. The summed E-state index contributed by atoms with van der Waals surface area (Å²) in [7, 11) is 0. The third kappa shape index (κ3) is 2.90. The molecule has 0 unspecified atom stereocenters. The van der Waals surface area contributed by atoms with Gasteiger partial charge in [0.05, 0.1) is 17.9 Å². The standard InChI is InChI=1S/C15H21N5O/c1-10-7-11(2)20(18-10)15-6-5-14(16-17-15)19-8-12(3)21-13(4)9-19/h5-7,12-13H,8-9H2,1-4H3/t12-,13+. The average molecular weight is 287 g/mol. The summed E-state index contributed by atoms with van der Waals surface area (Å²) in [6.45, 7) is 9.85. The van der Waals surface area contributed by atoms with Crippen molar-refractivity contribution in [3.05, 3.63) is 29.6 Å². The van der Waals surface area contributed by atoms with Crippen LogP contribution < -0.4 is 4.90 Å². The number of hydrogen-bond acceptors (Lipinski definition) is 5. The van der Waals surface area contributed by atoms with Crippen molar-refractivity contribution in [1.29, 1.82) is 0 Å². The molecule has 112 valence electrons. The zero-order valence-electron chi connectivity index (χ0n) is 12.9. The molecule has 0 amide bonds. The molecule has 2 aromatic heterocycles. The van der Waals surface area contributed by atoms with Gasteiger partial charge in [0.1, 0.15) is 0 Å². The number of morpholine rings is 1. The molecule has 0 radical (unpaired) electrons. The molecule has 0 aliphatic carbocycles. The van der Waals surface area contributed by atoms with E-state index in [4.69, 9.17) is 4.74 Å². The van der Waals surface area contributed by atoms with Crippen molar-refractivity contribution >= 4 is 5.82 Å². The fraction of sp³-hybridized carbons (Fsp3) is 0.533. The monoisotopic (exact) mass is 287 g/mol. The Kier molecular flexibility index (Phi) is 3.63. The number of hydrogen-bond donors (Lipinski definition) is 0. The molecule has 1 fully saturated rings. The quantitative estimate of drug-likeness (QED) is 0.844. The zero-order chi connectivity index (χ0) is 15.0. The van der Waals surface area contributed by atoms with E-state index in [0.717, 1.165) is 36.1 Å². The first-order chi connectivity index (χ1) is 10.0. The predicted molar refractivity (Wildman–Crippen MR) is 80.9 cm³/mol. The molecule has 0 bridgehead atoms. The summed E-state index contributed by atoms with van der Waals surface area (Å²) in [5, 5.41) is 13.1. The van der Waals surface area contributed by atoms with Crippen LogP contribution in [-0.2, 0) is 4.74 Å². The van der Waals surface area contributed by atoms with Crippen LogP contribution in [0.3, 0.4) is 0 Å². The van der Waals surface area contributed by atoms with Gasteiger partial charge in [-0.2, -0.15) is 5.10 Å². The van der Waals surface area contributed by atoms with Crippen LogP contribution in [0.15, 0.2) is 18.2 Å². The van der Waals surface area contributed by atoms with E-state index in [1.165, 1.54) is 0 Å². The van der Waals surface area contributed by atoms with Gasteiger partial charge in [0.25, 0.3) is 0 Å². The molecule has 6 nitrogen and oxygen atoms in total. The maximum atomic E-state index is 5.75. The lowest BCUT2D eigenvalue weighted by Crippen LogP contribution is -2.45. The molecule has 2 atom stereocenters. The summed E-state index contributed by atoms with van der Waals surface area (Å²) in [4.78, 5) is 2.22. The Bertz CT molecular complexity index is 611. The van der Waals surface area contributed by atoms with Gasteiger partial charge in [-0.15, -0.1) is 10.2 Å². The fourth-order valence-corrected chi connectivity index (χ4v) is 2.83. The smallest absolute Gasteiger partial charge is 0.176 e. The molecule has 0 aromatic carbocycles. The Hall–Kier alpha value is -1.95. The Morgan fingerprint density at radius 2 is 1.67 bits per heavy atom. The van der Waals surface area contributed by atoms with E-state index in [9.17, 15) is 0 Å². The SMILES string of the molecule is Cc1cc(C)n(-c2ccc(N3C[C@@H](C)O[C@@H](C)C3)nn2)n1. The number of aryl methyl sites for hydroxylation is 2. The van der Waals surface area contributed by atoms with Crippen LogP contribution in [0.2, 0.25) is 0 Å². The third-order valence-electron chi connectivity index (χ3n) is 3.61. The second kappa shape index (κ2) is 5.44. The van der Waals surface area contributed by atoms with Crippen LogP contribution in [-0.4, -0.2) is 45.3 Å². The molecule has 21 heavy (non-hydrogen) atoms. The minimum Gasteiger partial charge on any atom is -0.372 e. The van der Waals surface area contributed by atoms with Gasteiger partial charge in [-0.1, -0.05) is 0 Å². The molecule has 1 aliphatic heterocycles. The van der Waals surface area contributed by atoms with Crippen LogP contribution >= 0.6 is 0 Å². The molecule has 3 heterocycles. The molecule has 2 aromatic rings. The van der Waals surface area contributed by atoms with E-state index in [1.807, 2.05) is 36.7 Å². The molecule has 3 rings (SSSR count). The Labute approximate surface area is 124 Å². The largest absolute Gasteiger partial charge is 0.372 e. The fourth-order valence-electron chi connectivity index (χ4n) is 2.83. The van der Waals surface area contributed by atoms with Crippen molar-refractivity contribution in [1.82, 2.24) is 20.0 Å². The Morgan fingerprint density at radius 3 is 2.19 bits per heavy atom. The molecule has 0 saturated carbocycles. The van der Waals surface area contributed by atoms with Crippen LogP contribution in [0.1, 0.15) is 25.2 Å². The van der Waals surface area contributed by atoms with E-state index >= 15 is 0 Å². The average Bonchev–Trinajstić information content (AvgIpc) is 2.77. The highest BCUT2D eigenvalue weighted by Gasteiger charge is 2.23. The van der Waals surface area contributed by atoms with Crippen LogP contribution in [0.4, 0.5) is 5.82 Å². The van der Waals surface area contributed by atoms with Gasteiger partial charge >= 0.3 is 0 Å². The predicted octanol–water partition coefficient (Wildman–Crippen LogP) is 1.89. The van der Waals surface area contributed by atoms with E-state index in [0.29, 0.717) is 0 Å². The van der Waals surface area contributed by atoms with Gasteiger partial charge in [0.15, 0.2) is 11.6 Å². The Balaban J connectivity index is 1.82. The molecular formula is C15H21N5O. The lowest BCUT2D eigenvalue weighted by molar-refractivity contribution is -0.00550. The van der Waals surface area contributed by atoms with Gasteiger partial charge in [-0.25, -0.2) is 4.68 Å². The van der Waals surface area contributed by atoms with Crippen molar-refractivity contribution in [3.63, 3.8) is 0 Å². The summed E-state index contributed by atoms with van der Waals surface area (Å²) in [6, 6.07) is 6.00. The topological polar surface area (TPSA) is 56.1 Å². The van der Waals surface area contributed by atoms with E-state index in [-0.39, 0.29) is 12.2 Å². The summed E-state index contributed by atoms with van der Waals surface area (Å²) in [5.41, 5.74) is 2.04. The van der Waals surface area contributed by atoms with Crippen molar-refractivity contribution in [2.45, 2.75) is 39.9 Å². The normalized spacial score (nSPS) is 22.6. The minimum atomic E-state index is 0.214. The van der Waals surface area contributed by atoms with Gasteiger partial charge in [0, 0.05) is 18.8 Å². The molecule has 6 heteroatoms. The van der Waals surface area contributed by atoms with E-state index in [2.05, 4.69) is 34.0 Å². The summed E-state index contributed by atoms with van der Waals surface area (Å²) < 4.78 is 7.56. The van der Waals surface area contributed by atoms with Gasteiger partial charge in [-0.05, 0) is 45.9 Å². The van der Waals surface area contributed by atoms with Crippen molar-refractivity contribution in [2.24, 2.45) is 0 Å². The molecule has 0 N–H and O–H groups in total. The van der Waals surface area contributed by atoms with Gasteiger partial charge in [-0.3, -0.25) is 0 Å². The minimum absolute atomic E-state index is 0.214. The highest BCUT2D eigenvalue weighted by atomic mass is 16.5.